The SMILES string of the molecule is CC[NH+](CC)CC.CC[NH+](CC)CC.O=C1[C@@H](NC(=O)C(F)(F)F)[C@H]([C@H](O)[C@H](O)CO)N1CP(=O)([O-])[O-]. The van der Waals surface area contributed by atoms with E-state index in [0.29, 0.717) is 0 Å². The van der Waals surface area contributed by atoms with Crippen molar-refractivity contribution in [1.29, 1.82) is 0 Å². The monoisotopic (exact) mass is 568 g/mol. The quantitative estimate of drug-likeness (QED) is 0.101. The Hall–Kier alpha value is -1.32. The Kier molecular flexibility index (Phi) is 18.5. The molecule has 37 heavy (non-hydrogen) atoms. The number of amides is 2. The first-order valence-electron chi connectivity index (χ1n) is 12.3. The van der Waals surface area contributed by atoms with Crippen molar-refractivity contribution in [2.75, 3.05) is 52.2 Å². The van der Waals surface area contributed by atoms with Crippen LogP contribution in [0.1, 0.15) is 41.5 Å². The zero-order chi connectivity index (χ0) is 29.6. The number of quaternary nitrogens is 2. The summed E-state index contributed by atoms with van der Waals surface area (Å²) in [5.41, 5.74) is 0. The highest BCUT2D eigenvalue weighted by Gasteiger charge is 2.55. The Morgan fingerprint density at radius 1 is 1.00 bits per heavy atom. The molecule has 1 saturated heterocycles. The van der Waals surface area contributed by atoms with Gasteiger partial charge in [-0.15, -0.1) is 0 Å². The third-order valence-corrected chi connectivity index (χ3v) is 6.70. The maximum absolute atomic E-state index is 12.2. The van der Waals surface area contributed by atoms with Crippen LogP contribution in [0, 0.1) is 0 Å². The molecule has 16 heteroatoms. The summed E-state index contributed by atoms with van der Waals surface area (Å²) in [6, 6.07) is -3.83. The van der Waals surface area contributed by atoms with Gasteiger partial charge in [-0.05, 0) is 49.1 Å². The van der Waals surface area contributed by atoms with Crippen LogP contribution in [-0.4, -0.2) is 115 Å². The van der Waals surface area contributed by atoms with Gasteiger partial charge >= 0.3 is 12.1 Å². The van der Waals surface area contributed by atoms with E-state index in [1.165, 1.54) is 44.6 Å². The number of likely N-dealkylation sites (tertiary alicyclic amines) is 1. The molecule has 12 nitrogen and oxygen atoms in total. The molecule has 2 amide bonds. The second kappa shape index (κ2) is 18.1. The fourth-order valence-corrected chi connectivity index (χ4v) is 4.21. The highest BCUT2D eigenvalue weighted by molar-refractivity contribution is 7.48. The zero-order valence-corrected chi connectivity index (χ0v) is 23.3. The molecule has 6 N–H and O–H groups in total. The molecular formula is C21H44F3N4O8P. The number of β-lactam (4-membered cyclic amide) rings is 1. The normalized spacial score (nSPS) is 19.4. The largest absolute Gasteiger partial charge is 0.810 e. The van der Waals surface area contributed by atoms with E-state index in [0.717, 1.165) is 0 Å². The number of rotatable bonds is 12. The first-order valence-corrected chi connectivity index (χ1v) is 14.0. The third kappa shape index (κ3) is 13.9. The van der Waals surface area contributed by atoms with E-state index < -0.39 is 62.8 Å². The fraction of sp³-hybridized carbons (Fsp3) is 0.905. The summed E-state index contributed by atoms with van der Waals surface area (Å²) in [7, 11) is -5.32. The lowest BCUT2D eigenvalue weighted by atomic mass is 9.88. The molecule has 0 aromatic rings. The number of hydrogen-bond donors (Lipinski definition) is 6. The van der Waals surface area contributed by atoms with Crippen molar-refractivity contribution in [3.05, 3.63) is 0 Å². The molecule has 1 fully saturated rings. The van der Waals surface area contributed by atoms with Gasteiger partial charge in [-0.3, -0.25) is 9.59 Å². The lowest BCUT2D eigenvalue weighted by Gasteiger charge is -2.52. The van der Waals surface area contributed by atoms with Crippen molar-refractivity contribution in [3.63, 3.8) is 0 Å². The van der Waals surface area contributed by atoms with Gasteiger partial charge in [0.05, 0.1) is 51.9 Å². The van der Waals surface area contributed by atoms with Crippen LogP contribution in [0.4, 0.5) is 13.2 Å². The molecule has 1 rings (SSSR count). The van der Waals surface area contributed by atoms with Gasteiger partial charge in [-0.2, -0.15) is 13.2 Å². The first-order chi connectivity index (χ1) is 17.0. The van der Waals surface area contributed by atoms with Crippen LogP contribution in [0.15, 0.2) is 0 Å². The minimum Gasteiger partial charge on any atom is -0.810 e. The Bertz CT molecular complexity index is 683. The van der Waals surface area contributed by atoms with Gasteiger partial charge < -0.3 is 49.7 Å². The summed E-state index contributed by atoms with van der Waals surface area (Å²) in [6.07, 6.45) is -10.8. The van der Waals surface area contributed by atoms with Crippen LogP contribution in [0.2, 0.25) is 0 Å². The van der Waals surface area contributed by atoms with Crippen molar-refractivity contribution in [2.45, 2.75) is 72.0 Å². The van der Waals surface area contributed by atoms with Crippen LogP contribution < -0.4 is 24.9 Å². The summed E-state index contributed by atoms with van der Waals surface area (Å²) in [4.78, 5) is 47.4. The smallest absolute Gasteiger partial charge is 0.471 e. The summed E-state index contributed by atoms with van der Waals surface area (Å²) in [5, 5.41) is 28.9. The standard InChI is InChI=1S/C9H14F3N2O8P.2C6H15N/c10-9(11,12)8(19)13-4-5(6(17)3(16)1-15)14(7(4)18)2-23(20,21)22;2*1-4-7(5-2)6-3/h3-6,15-17H,1-2H2,(H,13,19)(H2,20,21,22);2*4-6H2,1-3H3/t3-,4+,5-,6-;;/m1../s1. The second-order valence-electron chi connectivity index (χ2n) is 8.36. The van der Waals surface area contributed by atoms with Crippen LogP contribution in [0.25, 0.3) is 0 Å². The van der Waals surface area contributed by atoms with Crippen molar-refractivity contribution in [3.8, 4) is 0 Å². The molecule has 0 saturated carbocycles. The number of carbonyl (C=O) groups is 2. The Balaban J connectivity index is 0. The molecule has 1 heterocycles. The number of carbonyl (C=O) groups excluding carboxylic acids is 2. The lowest BCUT2D eigenvalue weighted by molar-refractivity contribution is -0.894. The predicted octanol–water partition coefficient (Wildman–Crippen LogP) is -4.31. The van der Waals surface area contributed by atoms with Gasteiger partial charge in [0.15, 0.2) is 0 Å². The second-order valence-corrected chi connectivity index (χ2v) is 9.87. The van der Waals surface area contributed by atoms with E-state index >= 15 is 0 Å². The zero-order valence-electron chi connectivity index (χ0n) is 22.4. The van der Waals surface area contributed by atoms with Crippen molar-refractivity contribution in [1.82, 2.24) is 10.2 Å². The van der Waals surface area contributed by atoms with Gasteiger partial charge in [-0.25, -0.2) is 0 Å². The Morgan fingerprint density at radius 3 is 1.62 bits per heavy atom. The molecule has 4 atom stereocenters. The van der Waals surface area contributed by atoms with Crippen LogP contribution in [-0.2, 0) is 14.2 Å². The van der Waals surface area contributed by atoms with Gasteiger partial charge in [0, 0.05) is 6.29 Å². The van der Waals surface area contributed by atoms with Crippen LogP contribution in [0.3, 0.4) is 0 Å². The number of aliphatic hydroxyl groups is 3. The summed E-state index contributed by atoms with van der Waals surface area (Å²) < 4.78 is 47.2. The molecule has 0 unspecified atom stereocenters. The molecule has 222 valence electrons. The van der Waals surface area contributed by atoms with Gasteiger partial charge in [0.25, 0.3) is 0 Å². The maximum Gasteiger partial charge on any atom is 0.471 e. The maximum atomic E-state index is 12.2. The molecule has 1 aliphatic heterocycles. The number of nitrogens with one attached hydrogen (secondary N) is 3. The Labute approximate surface area is 216 Å². The highest BCUT2D eigenvalue weighted by atomic mass is 31.2. The molecule has 0 radical (unpaired) electrons. The molecule has 0 aromatic heterocycles. The minimum atomic E-state index is -5.35. The van der Waals surface area contributed by atoms with Gasteiger partial charge in [0.2, 0.25) is 5.91 Å². The topological polar surface area (TPSA) is 182 Å². The van der Waals surface area contributed by atoms with E-state index in [1.54, 1.807) is 9.80 Å². The minimum absolute atomic E-state index is 0.200. The predicted molar refractivity (Wildman–Crippen MR) is 125 cm³/mol. The molecule has 0 aliphatic carbocycles. The number of nitrogens with zero attached hydrogens (tertiary/aromatic N) is 1. The summed E-state index contributed by atoms with van der Waals surface area (Å²) >= 11 is 0. The van der Waals surface area contributed by atoms with E-state index in [9.17, 15) is 47.3 Å². The average Bonchev–Trinajstić information content (AvgIpc) is 2.83. The summed E-state index contributed by atoms with van der Waals surface area (Å²) in [5.74, 6) is -3.89. The van der Waals surface area contributed by atoms with E-state index in [2.05, 4.69) is 41.5 Å². The molecule has 0 spiro atoms. The average molecular weight is 569 g/mol. The molecular weight excluding hydrogens is 524 g/mol. The van der Waals surface area contributed by atoms with E-state index in [1.807, 2.05) is 0 Å². The van der Waals surface area contributed by atoms with Crippen LogP contribution in [0.5, 0.6) is 0 Å². The van der Waals surface area contributed by atoms with Crippen molar-refractivity contribution < 1.29 is 62.2 Å². The fourth-order valence-electron chi connectivity index (χ4n) is 3.51. The van der Waals surface area contributed by atoms with Gasteiger partial charge in [-0.1, -0.05) is 0 Å². The number of aliphatic hydroxyl groups excluding tert-OH is 3. The van der Waals surface area contributed by atoms with Crippen molar-refractivity contribution >= 4 is 19.4 Å². The summed E-state index contributed by atoms with van der Waals surface area (Å²) in [6.45, 7) is 19.9. The number of alkyl halides is 3. The van der Waals surface area contributed by atoms with Crippen LogP contribution >= 0.6 is 7.60 Å². The lowest BCUT2D eigenvalue weighted by Crippen LogP contribution is -3.11. The number of halogens is 3. The Morgan fingerprint density at radius 2 is 1.38 bits per heavy atom. The van der Waals surface area contributed by atoms with Crippen molar-refractivity contribution in [2.24, 2.45) is 0 Å². The third-order valence-electron chi connectivity index (χ3n) is 6.05. The first kappa shape index (κ1) is 37.8. The highest BCUT2D eigenvalue weighted by Crippen LogP contribution is 2.34. The molecule has 1 aliphatic rings. The number of hydrogen-bond acceptors (Lipinski definition) is 8. The molecule has 0 aromatic carbocycles. The van der Waals surface area contributed by atoms with E-state index in [4.69, 9.17) is 5.11 Å². The molecule has 0 bridgehead atoms. The van der Waals surface area contributed by atoms with Gasteiger partial charge in [0.1, 0.15) is 18.2 Å². The van der Waals surface area contributed by atoms with E-state index in [-0.39, 0.29) is 4.90 Å².